The first kappa shape index (κ1) is 12.8. The molecule has 0 saturated carbocycles. The number of benzene rings is 1. The Balaban J connectivity index is 2.29. The van der Waals surface area contributed by atoms with Crippen LogP contribution in [0, 0.1) is 0 Å². The first-order chi connectivity index (χ1) is 8.25. The van der Waals surface area contributed by atoms with Gasteiger partial charge in [0.05, 0.1) is 11.0 Å². The summed E-state index contributed by atoms with van der Waals surface area (Å²) in [4.78, 5) is 6.73. The van der Waals surface area contributed by atoms with E-state index in [0.717, 1.165) is 6.26 Å². The van der Waals surface area contributed by atoms with Gasteiger partial charge < -0.3 is 4.98 Å². The number of fused-ring (bicyclic) bond motifs is 1. The molecule has 0 fully saturated rings. The minimum Gasteiger partial charge on any atom is -0.323 e. The number of nitrogens with one attached hydrogen (secondary N) is 2. The number of aromatic amines is 1. The summed E-state index contributed by atoms with van der Waals surface area (Å²) in [6.45, 7) is 0. The fourth-order valence-corrected chi connectivity index (χ4v) is 4.34. The number of sulfonamides is 1. The lowest BCUT2D eigenvalue weighted by Crippen LogP contribution is -2.22. The molecule has 0 atom stereocenters. The summed E-state index contributed by atoms with van der Waals surface area (Å²) in [6, 6.07) is 6.98. The Morgan fingerprint density at radius 3 is 2.50 bits per heavy atom. The zero-order chi connectivity index (χ0) is 13.4. The largest absolute Gasteiger partial charge is 0.323 e. The summed E-state index contributed by atoms with van der Waals surface area (Å²) < 4.78 is 47.1. The van der Waals surface area contributed by atoms with Crippen LogP contribution in [0.2, 0.25) is 0 Å². The number of H-pyrrole nitrogens is 1. The Kier molecular flexibility index (Phi) is 3.03. The standard InChI is InChI=1S/C9H11N3O4S2/c1-17(13,14)6-18(15,16)12-9-10-7-4-2-3-5-8(7)11-9/h2-5H,6H2,1H3,(H2,10,11,12). The molecule has 18 heavy (non-hydrogen) atoms. The van der Waals surface area contributed by atoms with Gasteiger partial charge in [-0.15, -0.1) is 0 Å². The van der Waals surface area contributed by atoms with Gasteiger partial charge in [0, 0.05) is 6.26 Å². The van der Waals surface area contributed by atoms with Crippen LogP contribution in [-0.4, -0.2) is 38.1 Å². The van der Waals surface area contributed by atoms with Gasteiger partial charge in [-0.2, -0.15) is 0 Å². The zero-order valence-corrected chi connectivity index (χ0v) is 11.0. The summed E-state index contributed by atoms with van der Waals surface area (Å²) in [5, 5.41) is -0.975. The van der Waals surface area contributed by atoms with E-state index in [1.165, 1.54) is 0 Å². The first-order valence-electron chi connectivity index (χ1n) is 4.88. The molecule has 0 aliphatic carbocycles. The third-order valence-electron chi connectivity index (χ3n) is 2.01. The van der Waals surface area contributed by atoms with Crippen LogP contribution in [0.4, 0.5) is 5.95 Å². The highest BCUT2D eigenvalue weighted by molar-refractivity contribution is 8.08. The quantitative estimate of drug-likeness (QED) is 0.841. The number of imidazole rings is 1. The van der Waals surface area contributed by atoms with Crippen molar-refractivity contribution in [1.29, 1.82) is 0 Å². The Bertz CT molecular complexity index is 744. The third-order valence-corrected chi connectivity index (χ3v) is 5.47. The molecule has 2 N–H and O–H groups in total. The van der Waals surface area contributed by atoms with E-state index in [-0.39, 0.29) is 5.95 Å². The summed E-state index contributed by atoms with van der Waals surface area (Å²) in [6.07, 6.45) is 0.852. The minimum atomic E-state index is -3.97. The van der Waals surface area contributed by atoms with E-state index in [2.05, 4.69) is 14.7 Å². The van der Waals surface area contributed by atoms with Crippen molar-refractivity contribution in [3.8, 4) is 0 Å². The predicted molar refractivity (Wildman–Crippen MR) is 68.3 cm³/mol. The van der Waals surface area contributed by atoms with E-state index in [4.69, 9.17) is 0 Å². The van der Waals surface area contributed by atoms with Gasteiger partial charge in [-0.05, 0) is 12.1 Å². The van der Waals surface area contributed by atoms with Crippen molar-refractivity contribution >= 4 is 36.8 Å². The molecule has 0 bridgehead atoms. The molecule has 1 aromatic carbocycles. The monoisotopic (exact) mass is 289 g/mol. The Labute approximate surface area is 104 Å². The molecule has 0 amide bonds. The van der Waals surface area contributed by atoms with Crippen LogP contribution in [0.25, 0.3) is 11.0 Å². The maximum atomic E-state index is 11.5. The average Bonchev–Trinajstić information content (AvgIpc) is 2.53. The fourth-order valence-electron chi connectivity index (χ4n) is 1.46. The molecule has 1 aromatic heterocycles. The lowest BCUT2D eigenvalue weighted by molar-refractivity contribution is 0.594. The number of hydrogen-bond acceptors (Lipinski definition) is 5. The van der Waals surface area contributed by atoms with Gasteiger partial charge in [-0.3, -0.25) is 4.72 Å². The van der Waals surface area contributed by atoms with E-state index >= 15 is 0 Å². The molecule has 9 heteroatoms. The average molecular weight is 289 g/mol. The molecule has 1 heterocycles. The Morgan fingerprint density at radius 2 is 1.89 bits per heavy atom. The lowest BCUT2D eigenvalue weighted by Gasteiger charge is -2.02. The topological polar surface area (TPSA) is 109 Å². The van der Waals surface area contributed by atoms with Crippen molar-refractivity contribution in [2.24, 2.45) is 0 Å². The van der Waals surface area contributed by atoms with E-state index in [9.17, 15) is 16.8 Å². The van der Waals surface area contributed by atoms with Crippen LogP contribution in [0.3, 0.4) is 0 Å². The Morgan fingerprint density at radius 1 is 1.22 bits per heavy atom. The van der Waals surface area contributed by atoms with Crippen molar-refractivity contribution in [3.05, 3.63) is 24.3 Å². The molecule has 0 unspecified atom stereocenters. The van der Waals surface area contributed by atoms with E-state index in [1.54, 1.807) is 24.3 Å². The number of sulfone groups is 1. The third kappa shape index (κ3) is 3.20. The minimum absolute atomic E-state index is 0.000139. The molecule has 0 saturated heterocycles. The van der Waals surface area contributed by atoms with Gasteiger partial charge in [0.25, 0.3) is 0 Å². The molecule has 2 rings (SSSR count). The highest BCUT2D eigenvalue weighted by Crippen LogP contribution is 2.14. The smallest absolute Gasteiger partial charge is 0.249 e. The maximum absolute atomic E-state index is 11.5. The van der Waals surface area contributed by atoms with Gasteiger partial charge in [0.15, 0.2) is 14.9 Å². The van der Waals surface area contributed by atoms with Crippen molar-refractivity contribution < 1.29 is 16.8 Å². The fraction of sp³-hybridized carbons (Fsp3) is 0.222. The van der Waals surface area contributed by atoms with Crippen LogP contribution in [-0.2, 0) is 19.9 Å². The molecular weight excluding hydrogens is 278 g/mol. The second-order valence-electron chi connectivity index (χ2n) is 3.86. The van der Waals surface area contributed by atoms with Crippen molar-refractivity contribution in [2.75, 3.05) is 16.1 Å². The van der Waals surface area contributed by atoms with Gasteiger partial charge in [-0.1, -0.05) is 12.1 Å². The molecule has 2 aromatic rings. The number of anilines is 1. The van der Waals surface area contributed by atoms with Gasteiger partial charge in [-0.25, -0.2) is 21.8 Å². The number of hydrogen-bond donors (Lipinski definition) is 2. The highest BCUT2D eigenvalue weighted by atomic mass is 32.3. The molecule has 7 nitrogen and oxygen atoms in total. The van der Waals surface area contributed by atoms with Crippen LogP contribution in [0.1, 0.15) is 0 Å². The van der Waals surface area contributed by atoms with Crippen molar-refractivity contribution in [3.63, 3.8) is 0 Å². The van der Waals surface area contributed by atoms with Crippen LogP contribution in [0.5, 0.6) is 0 Å². The lowest BCUT2D eigenvalue weighted by atomic mass is 10.3. The summed E-state index contributed by atoms with van der Waals surface area (Å²) in [5.74, 6) is -0.000139. The molecular formula is C9H11N3O4S2. The summed E-state index contributed by atoms with van der Waals surface area (Å²) in [5.41, 5.74) is 1.25. The first-order valence-corrected chi connectivity index (χ1v) is 8.59. The van der Waals surface area contributed by atoms with Crippen LogP contribution >= 0.6 is 0 Å². The summed E-state index contributed by atoms with van der Waals surface area (Å²) >= 11 is 0. The molecule has 0 spiro atoms. The second-order valence-corrected chi connectivity index (χ2v) is 8.09. The van der Waals surface area contributed by atoms with Gasteiger partial charge >= 0.3 is 0 Å². The molecule has 0 aliphatic heterocycles. The number of rotatable bonds is 4. The number of para-hydroxylation sites is 2. The molecule has 0 radical (unpaired) electrons. The van der Waals surface area contributed by atoms with Gasteiger partial charge in [0.2, 0.25) is 16.0 Å². The van der Waals surface area contributed by atoms with Gasteiger partial charge in [0.1, 0.15) is 0 Å². The van der Waals surface area contributed by atoms with E-state index in [1.807, 2.05) is 0 Å². The Hall–Kier alpha value is -1.61. The molecule has 0 aliphatic rings. The summed E-state index contributed by atoms with van der Waals surface area (Å²) in [7, 11) is -7.60. The second kappa shape index (κ2) is 4.25. The van der Waals surface area contributed by atoms with Crippen LogP contribution < -0.4 is 4.72 Å². The SMILES string of the molecule is CS(=O)(=O)CS(=O)(=O)Nc1nc2ccccc2[nH]1. The van der Waals surface area contributed by atoms with Crippen molar-refractivity contribution in [2.45, 2.75) is 0 Å². The predicted octanol–water partition coefficient (Wildman–Crippen LogP) is 0.307. The highest BCUT2D eigenvalue weighted by Gasteiger charge is 2.19. The number of nitrogens with zero attached hydrogens (tertiary/aromatic N) is 1. The van der Waals surface area contributed by atoms with Crippen molar-refractivity contribution in [1.82, 2.24) is 9.97 Å². The maximum Gasteiger partial charge on any atom is 0.249 e. The van der Waals surface area contributed by atoms with Crippen LogP contribution in [0.15, 0.2) is 24.3 Å². The zero-order valence-electron chi connectivity index (χ0n) is 9.41. The number of aromatic nitrogens is 2. The van der Waals surface area contributed by atoms with E-state index in [0.29, 0.717) is 11.0 Å². The molecule has 98 valence electrons. The van der Waals surface area contributed by atoms with E-state index < -0.39 is 24.9 Å². The normalized spacial score (nSPS) is 12.7.